The predicted molar refractivity (Wildman–Crippen MR) is 101 cm³/mol. The quantitative estimate of drug-likeness (QED) is 0.671. The molecule has 6 nitrogen and oxygen atoms in total. The molecular weight excluding hydrogens is 423 g/mol. The number of benzene rings is 2. The zero-order valence-electron chi connectivity index (χ0n) is 13.7. The largest absolute Gasteiger partial charge is 0.493 e. The van der Waals surface area contributed by atoms with Crippen molar-refractivity contribution >= 4 is 34.3 Å². The summed E-state index contributed by atoms with van der Waals surface area (Å²) in [4.78, 5) is 12.1. The Balaban J connectivity index is 2.09. The first kappa shape index (κ1) is 18.2. The van der Waals surface area contributed by atoms with E-state index in [-0.39, 0.29) is 6.03 Å². The van der Waals surface area contributed by atoms with Gasteiger partial charge in [-0.1, -0.05) is 12.1 Å². The molecule has 0 heterocycles. The Morgan fingerprint density at radius 3 is 2.33 bits per heavy atom. The number of halogens is 1. The normalized spacial score (nSPS) is 10.0. The number of hydrogen-bond acceptors (Lipinski definition) is 4. The molecule has 0 saturated carbocycles. The SMILES string of the molecule is COc1ccc(CNC(=O)Nc2ccccc2I)c(OC)c1OC. The van der Waals surface area contributed by atoms with Crippen molar-refractivity contribution in [3.05, 3.63) is 45.5 Å². The summed E-state index contributed by atoms with van der Waals surface area (Å²) in [5.41, 5.74) is 1.54. The number of carbonyl (C=O) groups is 1. The van der Waals surface area contributed by atoms with Crippen LogP contribution < -0.4 is 24.8 Å². The lowest BCUT2D eigenvalue weighted by molar-refractivity contribution is 0.251. The number of carbonyl (C=O) groups excluding carboxylic acids is 1. The zero-order valence-corrected chi connectivity index (χ0v) is 15.8. The second-order valence-electron chi connectivity index (χ2n) is 4.78. The van der Waals surface area contributed by atoms with Gasteiger partial charge in [0.1, 0.15) is 0 Å². The predicted octanol–water partition coefficient (Wildman–Crippen LogP) is 3.64. The van der Waals surface area contributed by atoms with Crippen LogP contribution in [0.4, 0.5) is 10.5 Å². The van der Waals surface area contributed by atoms with Crippen LogP contribution in [0.3, 0.4) is 0 Å². The van der Waals surface area contributed by atoms with Crippen molar-refractivity contribution in [3.8, 4) is 17.2 Å². The fourth-order valence-electron chi connectivity index (χ4n) is 2.21. The lowest BCUT2D eigenvalue weighted by Gasteiger charge is -2.16. The highest BCUT2D eigenvalue weighted by atomic mass is 127. The van der Waals surface area contributed by atoms with E-state index in [2.05, 4.69) is 33.2 Å². The van der Waals surface area contributed by atoms with E-state index in [9.17, 15) is 4.79 Å². The van der Waals surface area contributed by atoms with Gasteiger partial charge in [0.25, 0.3) is 0 Å². The molecule has 0 aromatic heterocycles. The minimum Gasteiger partial charge on any atom is -0.493 e. The summed E-state index contributed by atoms with van der Waals surface area (Å²) >= 11 is 2.17. The van der Waals surface area contributed by atoms with Gasteiger partial charge in [0.15, 0.2) is 11.5 Å². The van der Waals surface area contributed by atoms with Gasteiger partial charge >= 0.3 is 6.03 Å². The molecule has 0 radical (unpaired) electrons. The van der Waals surface area contributed by atoms with Crippen LogP contribution in [0, 0.1) is 3.57 Å². The summed E-state index contributed by atoms with van der Waals surface area (Å²) in [6, 6.07) is 10.9. The van der Waals surface area contributed by atoms with E-state index in [0.29, 0.717) is 23.8 Å². The number of ether oxygens (including phenoxy) is 3. The standard InChI is InChI=1S/C17H19IN2O4/c1-22-14-9-8-11(15(23-2)16(14)24-3)10-19-17(21)20-13-7-5-4-6-12(13)18/h4-9H,10H2,1-3H3,(H2,19,20,21). The highest BCUT2D eigenvalue weighted by molar-refractivity contribution is 14.1. The van der Waals surface area contributed by atoms with Crippen molar-refractivity contribution in [3.63, 3.8) is 0 Å². The van der Waals surface area contributed by atoms with Gasteiger partial charge in [-0.05, 0) is 46.9 Å². The van der Waals surface area contributed by atoms with Gasteiger partial charge in [0.05, 0.1) is 27.0 Å². The van der Waals surface area contributed by atoms with E-state index in [0.717, 1.165) is 14.8 Å². The molecule has 24 heavy (non-hydrogen) atoms. The molecule has 0 aliphatic rings. The van der Waals surface area contributed by atoms with E-state index in [1.807, 2.05) is 30.3 Å². The second-order valence-corrected chi connectivity index (χ2v) is 5.94. The maximum Gasteiger partial charge on any atom is 0.319 e. The van der Waals surface area contributed by atoms with Crippen molar-refractivity contribution in [2.45, 2.75) is 6.54 Å². The van der Waals surface area contributed by atoms with Crippen molar-refractivity contribution in [2.75, 3.05) is 26.6 Å². The number of anilines is 1. The second kappa shape index (κ2) is 8.62. The van der Waals surface area contributed by atoms with Gasteiger partial charge in [-0.25, -0.2) is 4.79 Å². The molecule has 2 rings (SSSR count). The number of nitrogens with one attached hydrogen (secondary N) is 2. The van der Waals surface area contributed by atoms with E-state index < -0.39 is 0 Å². The molecular formula is C17H19IN2O4. The summed E-state index contributed by atoms with van der Waals surface area (Å²) in [7, 11) is 4.65. The van der Waals surface area contributed by atoms with Crippen molar-refractivity contribution in [2.24, 2.45) is 0 Å². The van der Waals surface area contributed by atoms with Crippen molar-refractivity contribution < 1.29 is 19.0 Å². The molecule has 0 saturated heterocycles. The molecule has 2 aromatic carbocycles. The van der Waals surface area contributed by atoms with Gasteiger partial charge in [0.2, 0.25) is 5.75 Å². The molecule has 2 amide bonds. The van der Waals surface area contributed by atoms with Gasteiger partial charge in [0, 0.05) is 15.7 Å². The highest BCUT2D eigenvalue weighted by Gasteiger charge is 2.16. The van der Waals surface area contributed by atoms with Crippen LogP contribution in [-0.4, -0.2) is 27.4 Å². The van der Waals surface area contributed by atoms with Crippen LogP contribution in [0.25, 0.3) is 0 Å². The van der Waals surface area contributed by atoms with Crippen molar-refractivity contribution in [1.29, 1.82) is 0 Å². The first-order valence-corrected chi connectivity index (χ1v) is 8.25. The monoisotopic (exact) mass is 442 g/mol. The summed E-state index contributed by atoms with van der Waals surface area (Å²) < 4.78 is 17.0. The van der Waals surface area contributed by atoms with Crippen LogP contribution in [-0.2, 0) is 6.54 Å². The third-order valence-electron chi connectivity index (χ3n) is 3.35. The molecule has 0 fully saturated rings. The fourth-order valence-corrected chi connectivity index (χ4v) is 2.73. The number of amides is 2. The van der Waals surface area contributed by atoms with Gasteiger partial charge in [-0.3, -0.25) is 0 Å². The van der Waals surface area contributed by atoms with Crippen LogP contribution in [0.15, 0.2) is 36.4 Å². The van der Waals surface area contributed by atoms with Gasteiger partial charge in [-0.2, -0.15) is 0 Å². The van der Waals surface area contributed by atoms with Gasteiger partial charge < -0.3 is 24.8 Å². The number of rotatable bonds is 6. The maximum atomic E-state index is 12.1. The molecule has 128 valence electrons. The lowest BCUT2D eigenvalue weighted by atomic mass is 10.1. The first-order valence-electron chi connectivity index (χ1n) is 7.18. The number of urea groups is 1. The Morgan fingerprint density at radius 1 is 1.00 bits per heavy atom. The summed E-state index contributed by atoms with van der Waals surface area (Å²) in [6.45, 7) is 0.290. The molecule has 2 N–H and O–H groups in total. The van der Waals surface area contributed by atoms with Crippen LogP contribution in [0.2, 0.25) is 0 Å². The van der Waals surface area contributed by atoms with Crippen LogP contribution in [0.5, 0.6) is 17.2 Å². The number of methoxy groups -OCH3 is 3. The number of hydrogen-bond donors (Lipinski definition) is 2. The molecule has 0 aliphatic carbocycles. The van der Waals surface area contributed by atoms with E-state index in [4.69, 9.17) is 14.2 Å². The minimum absolute atomic E-state index is 0.290. The fraction of sp³-hybridized carbons (Fsp3) is 0.235. The Kier molecular flexibility index (Phi) is 6.53. The van der Waals surface area contributed by atoms with Crippen molar-refractivity contribution in [1.82, 2.24) is 5.32 Å². The zero-order chi connectivity index (χ0) is 17.5. The molecule has 7 heteroatoms. The molecule has 0 bridgehead atoms. The Labute approximate surface area is 154 Å². The van der Waals surface area contributed by atoms with E-state index >= 15 is 0 Å². The molecule has 2 aromatic rings. The molecule has 0 aliphatic heterocycles. The van der Waals surface area contributed by atoms with E-state index in [1.54, 1.807) is 27.4 Å². The maximum absolute atomic E-state index is 12.1. The molecule has 0 atom stereocenters. The molecule has 0 spiro atoms. The minimum atomic E-state index is -0.295. The van der Waals surface area contributed by atoms with E-state index in [1.165, 1.54) is 0 Å². The first-order chi connectivity index (χ1) is 11.6. The number of para-hydroxylation sites is 1. The summed E-state index contributed by atoms with van der Waals surface area (Å²) in [6.07, 6.45) is 0. The lowest BCUT2D eigenvalue weighted by Crippen LogP contribution is -2.28. The average molecular weight is 442 g/mol. The average Bonchev–Trinajstić information content (AvgIpc) is 2.60. The Morgan fingerprint density at radius 2 is 1.71 bits per heavy atom. The summed E-state index contributed by atoms with van der Waals surface area (Å²) in [5.74, 6) is 1.60. The van der Waals surface area contributed by atoms with Gasteiger partial charge in [-0.15, -0.1) is 0 Å². The van der Waals surface area contributed by atoms with Crippen LogP contribution in [0.1, 0.15) is 5.56 Å². The van der Waals surface area contributed by atoms with Crippen LogP contribution >= 0.6 is 22.6 Å². The Hall–Kier alpha value is -2.16. The third-order valence-corrected chi connectivity index (χ3v) is 4.29. The third kappa shape index (κ3) is 4.22. The topological polar surface area (TPSA) is 68.8 Å². The summed E-state index contributed by atoms with van der Waals surface area (Å²) in [5, 5.41) is 5.62. The highest BCUT2D eigenvalue weighted by Crippen LogP contribution is 2.39. The molecule has 0 unspecified atom stereocenters. The Bertz CT molecular complexity index is 722. The smallest absolute Gasteiger partial charge is 0.319 e.